The summed E-state index contributed by atoms with van der Waals surface area (Å²) in [5.74, 6) is 0. The van der Waals surface area contributed by atoms with Crippen LogP contribution in [-0.4, -0.2) is 11.7 Å². The van der Waals surface area contributed by atoms with Crippen LogP contribution in [0.25, 0.3) is 0 Å². The molecule has 1 unspecified atom stereocenters. The molecule has 0 radical (unpaired) electrons. The van der Waals surface area contributed by atoms with Gasteiger partial charge in [-0.25, -0.2) is 4.79 Å². The maximum absolute atomic E-state index is 11.8. The summed E-state index contributed by atoms with van der Waals surface area (Å²) in [5, 5.41) is 2.94. The zero-order valence-corrected chi connectivity index (χ0v) is 12.5. The van der Waals surface area contributed by atoms with Crippen molar-refractivity contribution in [1.29, 1.82) is 0 Å². The monoisotopic (exact) mass is 311 g/mol. The highest BCUT2D eigenvalue weighted by Crippen LogP contribution is 2.35. The van der Waals surface area contributed by atoms with Crippen LogP contribution in [0.3, 0.4) is 0 Å². The van der Waals surface area contributed by atoms with Crippen LogP contribution in [0.1, 0.15) is 44.4 Å². The second kappa shape index (κ2) is 4.92. The minimum Gasteiger partial charge on any atom is -0.444 e. The molecule has 1 N–H and O–H groups in total. The number of rotatable bonds is 1. The van der Waals surface area contributed by atoms with Gasteiger partial charge in [-0.3, -0.25) is 0 Å². The van der Waals surface area contributed by atoms with Gasteiger partial charge in [0.05, 0.1) is 6.04 Å². The predicted octanol–water partition coefficient (Wildman–Crippen LogP) is 3.96. The summed E-state index contributed by atoms with van der Waals surface area (Å²) in [6, 6.07) is 6.16. The second-order valence-electron chi connectivity index (χ2n) is 5.55. The van der Waals surface area contributed by atoms with Crippen LogP contribution in [0.4, 0.5) is 4.79 Å². The second-order valence-corrected chi connectivity index (χ2v) is 6.40. The van der Waals surface area contributed by atoms with E-state index in [1.807, 2.05) is 32.9 Å². The quantitative estimate of drug-likeness (QED) is 0.852. The Morgan fingerprint density at radius 1 is 1.44 bits per heavy atom. The van der Waals surface area contributed by atoms with Crippen LogP contribution >= 0.6 is 15.9 Å². The zero-order chi connectivity index (χ0) is 13.3. The molecule has 0 aromatic heterocycles. The maximum atomic E-state index is 11.8. The first-order valence-electron chi connectivity index (χ1n) is 6.13. The molecule has 0 bridgehead atoms. The van der Waals surface area contributed by atoms with Gasteiger partial charge in [0.15, 0.2) is 0 Å². The molecule has 0 aliphatic heterocycles. The number of ether oxygens (including phenoxy) is 1. The number of benzene rings is 1. The lowest BCUT2D eigenvalue weighted by Gasteiger charge is -2.22. The summed E-state index contributed by atoms with van der Waals surface area (Å²) >= 11 is 3.55. The Hall–Kier alpha value is -1.03. The Kier molecular flexibility index (Phi) is 3.66. The molecular formula is C14H18BrNO2. The number of hydrogen-bond donors (Lipinski definition) is 1. The highest BCUT2D eigenvalue weighted by molar-refractivity contribution is 9.10. The molecule has 4 heteroatoms. The third-order valence-electron chi connectivity index (χ3n) is 2.90. The van der Waals surface area contributed by atoms with Crippen molar-refractivity contribution >= 4 is 22.0 Å². The fourth-order valence-corrected chi connectivity index (χ4v) is 2.79. The molecule has 1 atom stereocenters. The van der Waals surface area contributed by atoms with Gasteiger partial charge in [0.1, 0.15) is 5.60 Å². The molecular weight excluding hydrogens is 294 g/mol. The molecule has 98 valence electrons. The SMILES string of the molecule is CC(C)(C)OC(=O)NC1CCc2c(Br)cccc21. The number of alkyl carbamates (subject to hydrolysis) is 1. The van der Waals surface area contributed by atoms with Crippen LogP contribution in [0.5, 0.6) is 0 Å². The van der Waals surface area contributed by atoms with E-state index in [0.29, 0.717) is 0 Å². The fourth-order valence-electron chi connectivity index (χ4n) is 2.21. The number of hydrogen-bond acceptors (Lipinski definition) is 2. The highest BCUT2D eigenvalue weighted by Gasteiger charge is 2.27. The molecule has 0 saturated heterocycles. The molecule has 0 fully saturated rings. The van der Waals surface area contributed by atoms with Crippen molar-refractivity contribution < 1.29 is 9.53 Å². The Bertz CT molecular complexity index is 465. The van der Waals surface area contributed by atoms with Crippen molar-refractivity contribution in [3.63, 3.8) is 0 Å². The van der Waals surface area contributed by atoms with E-state index in [-0.39, 0.29) is 12.1 Å². The van der Waals surface area contributed by atoms with E-state index in [1.165, 1.54) is 11.1 Å². The predicted molar refractivity (Wildman–Crippen MR) is 74.6 cm³/mol. The Labute approximate surface area is 116 Å². The number of carbonyl (C=O) groups excluding carboxylic acids is 1. The van der Waals surface area contributed by atoms with Gasteiger partial charge in [-0.2, -0.15) is 0 Å². The van der Waals surface area contributed by atoms with Gasteiger partial charge < -0.3 is 10.1 Å². The average molecular weight is 312 g/mol. The lowest BCUT2D eigenvalue weighted by molar-refractivity contribution is 0.0504. The summed E-state index contributed by atoms with van der Waals surface area (Å²) in [6.45, 7) is 5.60. The number of nitrogens with one attached hydrogen (secondary N) is 1. The first-order chi connectivity index (χ1) is 8.37. The molecule has 0 saturated carbocycles. The lowest BCUT2D eigenvalue weighted by Crippen LogP contribution is -2.34. The first kappa shape index (κ1) is 13.4. The molecule has 1 aromatic rings. The first-order valence-corrected chi connectivity index (χ1v) is 6.93. The topological polar surface area (TPSA) is 38.3 Å². The van der Waals surface area contributed by atoms with E-state index in [1.54, 1.807) is 0 Å². The molecule has 1 amide bonds. The van der Waals surface area contributed by atoms with Crippen molar-refractivity contribution in [2.75, 3.05) is 0 Å². The van der Waals surface area contributed by atoms with E-state index in [4.69, 9.17) is 4.74 Å². The number of fused-ring (bicyclic) bond motifs is 1. The normalized spacial score (nSPS) is 18.3. The smallest absolute Gasteiger partial charge is 0.408 e. The van der Waals surface area contributed by atoms with Crippen LogP contribution in [0.2, 0.25) is 0 Å². The van der Waals surface area contributed by atoms with E-state index in [9.17, 15) is 4.79 Å². The van der Waals surface area contributed by atoms with Gasteiger partial charge in [-0.05, 0) is 50.8 Å². The Morgan fingerprint density at radius 3 is 2.83 bits per heavy atom. The highest BCUT2D eigenvalue weighted by atomic mass is 79.9. The van der Waals surface area contributed by atoms with Crippen molar-refractivity contribution in [3.05, 3.63) is 33.8 Å². The number of halogens is 1. The van der Waals surface area contributed by atoms with Crippen LogP contribution in [-0.2, 0) is 11.2 Å². The van der Waals surface area contributed by atoms with Gasteiger partial charge in [0.2, 0.25) is 0 Å². The molecule has 1 aliphatic carbocycles. The minimum absolute atomic E-state index is 0.0624. The summed E-state index contributed by atoms with van der Waals surface area (Å²) < 4.78 is 6.40. The van der Waals surface area contributed by atoms with Crippen LogP contribution in [0, 0.1) is 0 Å². The van der Waals surface area contributed by atoms with E-state index < -0.39 is 5.60 Å². The summed E-state index contributed by atoms with van der Waals surface area (Å²) in [5.41, 5.74) is 2.02. The zero-order valence-electron chi connectivity index (χ0n) is 10.9. The molecule has 1 aliphatic rings. The van der Waals surface area contributed by atoms with Crippen molar-refractivity contribution in [2.45, 2.75) is 45.3 Å². The lowest BCUT2D eigenvalue weighted by atomic mass is 10.1. The molecule has 18 heavy (non-hydrogen) atoms. The standard InChI is InChI=1S/C14H18BrNO2/c1-14(2,3)18-13(17)16-12-8-7-9-10(12)5-4-6-11(9)15/h4-6,12H,7-8H2,1-3H3,(H,16,17). The van der Waals surface area contributed by atoms with Gasteiger partial charge in [-0.15, -0.1) is 0 Å². The molecule has 3 nitrogen and oxygen atoms in total. The average Bonchev–Trinajstić information content (AvgIpc) is 2.60. The number of amides is 1. The molecule has 1 aromatic carbocycles. The maximum Gasteiger partial charge on any atom is 0.408 e. The van der Waals surface area contributed by atoms with Gasteiger partial charge in [0.25, 0.3) is 0 Å². The van der Waals surface area contributed by atoms with Gasteiger partial charge in [0, 0.05) is 4.47 Å². The third kappa shape index (κ3) is 3.05. The summed E-state index contributed by atoms with van der Waals surface area (Å²) in [6.07, 6.45) is 1.56. The summed E-state index contributed by atoms with van der Waals surface area (Å²) in [7, 11) is 0. The fraction of sp³-hybridized carbons (Fsp3) is 0.500. The molecule has 0 heterocycles. The van der Waals surface area contributed by atoms with Crippen molar-refractivity contribution in [1.82, 2.24) is 5.32 Å². The largest absolute Gasteiger partial charge is 0.444 e. The summed E-state index contributed by atoms with van der Waals surface area (Å²) in [4.78, 5) is 11.8. The van der Waals surface area contributed by atoms with Crippen molar-refractivity contribution in [3.8, 4) is 0 Å². The number of carbonyl (C=O) groups is 1. The molecule has 0 spiro atoms. The Morgan fingerprint density at radius 2 is 2.17 bits per heavy atom. The Balaban J connectivity index is 2.06. The van der Waals surface area contributed by atoms with Gasteiger partial charge >= 0.3 is 6.09 Å². The van der Waals surface area contributed by atoms with Crippen molar-refractivity contribution in [2.24, 2.45) is 0 Å². The van der Waals surface area contributed by atoms with E-state index >= 15 is 0 Å². The van der Waals surface area contributed by atoms with Crippen LogP contribution in [0.15, 0.2) is 22.7 Å². The van der Waals surface area contributed by atoms with E-state index in [2.05, 4.69) is 27.3 Å². The van der Waals surface area contributed by atoms with E-state index in [0.717, 1.165) is 17.3 Å². The molecule has 2 rings (SSSR count). The van der Waals surface area contributed by atoms with Gasteiger partial charge in [-0.1, -0.05) is 28.1 Å². The van der Waals surface area contributed by atoms with Crippen LogP contribution < -0.4 is 5.32 Å². The minimum atomic E-state index is -0.456. The third-order valence-corrected chi connectivity index (χ3v) is 3.65.